The van der Waals surface area contributed by atoms with Crippen LogP contribution in [0.25, 0.3) is 0 Å². The van der Waals surface area contributed by atoms with Crippen LogP contribution in [0.5, 0.6) is 11.5 Å². The van der Waals surface area contributed by atoms with Crippen molar-refractivity contribution in [2.75, 3.05) is 32.8 Å². The van der Waals surface area contributed by atoms with E-state index in [-0.39, 0.29) is 49.1 Å². The number of ether oxygens (including phenoxy) is 1. The molecule has 1 N–H and O–H groups in total. The molecule has 0 unspecified atom stereocenters. The van der Waals surface area contributed by atoms with Crippen molar-refractivity contribution in [1.82, 2.24) is 9.21 Å². The van der Waals surface area contributed by atoms with Crippen LogP contribution in [0.2, 0.25) is 0 Å². The van der Waals surface area contributed by atoms with Gasteiger partial charge in [0.05, 0.1) is 11.5 Å². The molecule has 0 saturated carbocycles. The molecular weight excluding hydrogens is 456 g/mol. The summed E-state index contributed by atoms with van der Waals surface area (Å²) >= 11 is 0. The minimum atomic E-state index is -3.60. The number of phenolic OH excluding ortho intramolecular Hbond substituents is 1. The second-order valence-corrected chi connectivity index (χ2v) is 10.5. The molecule has 1 aliphatic carbocycles. The molecule has 2 aromatic rings. The van der Waals surface area contributed by atoms with Gasteiger partial charge in [-0.05, 0) is 67.6 Å². The van der Waals surface area contributed by atoms with Crippen LogP contribution in [0.15, 0.2) is 41.3 Å². The Labute approximate surface area is 200 Å². The molecule has 0 spiro atoms. The maximum absolute atomic E-state index is 13.1. The van der Waals surface area contributed by atoms with E-state index in [1.807, 2.05) is 6.07 Å². The summed E-state index contributed by atoms with van der Waals surface area (Å²) in [6.07, 6.45) is 3.04. The maximum Gasteiger partial charge on any atom is 0.243 e. The number of nitrogens with zero attached hydrogens (tertiary/aromatic N) is 2. The van der Waals surface area contributed by atoms with Crippen molar-refractivity contribution in [1.29, 1.82) is 0 Å². The lowest BCUT2D eigenvalue weighted by Gasteiger charge is -2.34. The monoisotopic (exact) mass is 486 g/mol. The second kappa shape index (κ2) is 10.1. The first kappa shape index (κ1) is 24.2. The summed E-state index contributed by atoms with van der Waals surface area (Å²) in [5.41, 5.74) is 2.71. The zero-order valence-corrected chi connectivity index (χ0v) is 20.1. The largest absolute Gasteiger partial charge is 0.504 e. The number of hydrogen-bond acceptors (Lipinski definition) is 6. The van der Waals surface area contributed by atoms with Gasteiger partial charge in [-0.15, -0.1) is 0 Å². The molecule has 0 bridgehead atoms. The van der Waals surface area contributed by atoms with Gasteiger partial charge in [-0.25, -0.2) is 8.42 Å². The highest BCUT2D eigenvalue weighted by Gasteiger charge is 2.31. The Kier molecular flexibility index (Phi) is 7.23. The number of piperazine rings is 1. The van der Waals surface area contributed by atoms with Crippen molar-refractivity contribution < 1.29 is 27.9 Å². The highest BCUT2D eigenvalue weighted by atomic mass is 32.2. The second-order valence-electron chi connectivity index (χ2n) is 8.61. The molecule has 8 nitrogen and oxygen atoms in total. The van der Waals surface area contributed by atoms with E-state index in [0.29, 0.717) is 30.2 Å². The number of hydrogen-bond donors (Lipinski definition) is 1. The average Bonchev–Trinajstić information content (AvgIpc) is 3.32. The Hall–Kier alpha value is -2.91. The highest BCUT2D eigenvalue weighted by Crippen LogP contribution is 2.28. The minimum Gasteiger partial charge on any atom is -0.504 e. The number of aromatic hydroxyl groups is 1. The van der Waals surface area contributed by atoms with Gasteiger partial charge in [0.25, 0.3) is 0 Å². The van der Waals surface area contributed by atoms with E-state index < -0.39 is 10.0 Å². The van der Waals surface area contributed by atoms with Crippen molar-refractivity contribution >= 4 is 21.7 Å². The molecule has 0 atom stereocenters. The first-order valence-electron chi connectivity index (χ1n) is 11.7. The van der Waals surface area contributed by atoms with Crippen LogP contribution in [0.1, 0.15) is 47.7 Å². The number of carbonyl (C=O) groups excluding carboxylic acids is 2. The molecule has 2 aromatic carbocycles. The minimum absolute atomic E-state index is 0.0306. The van der Waals surface area contributed by atoms with Gasteiger partial charge in [0.15, 0.2) is 17.3 Å². The summed E-state index contributed by atoms with van der Waals surface area (Å²) < 4.78 is 32.9. The van der Waals surface area contributed by atoms with E-state index in [2.05, 4.69) is 0 Å². The third-order valence-electron chi connectivity index (χ3n) is 6.45. The van der Waals surface area contributed by atoms with Gasteiger partial charge in [0.1, 0.15) is 0 Å². The fourth-order valence-electron chi connectivity index (χ4n) is 4.52. The summed E-state index contributed by atoms with van der Waals surface area (Å²) in [7, 11) is -3.60. The quantitative estimate of drug-likeness (QED) is 0.576. The third kappa shape index (κ3) is 5.10. The molecule has 0 radical (unpaired) electrons. The zero-order valence-electron chi connectivity index (χ0n) is 19.3. The van der Waals surface area contributed by atoms with Gasteiger partial charge in [0.2, 0.25) is 15.9 Å². The molecule has 1 amide bonds. The Morgan fingerprint density at radius 2 is 1.71 bits per heavy atom. The van der Waals surface area contributed by atoms with Crippen molar-refractivity contribution in [2.24, 2.45) is 0 Å². The van der Waals surface area contributed by atoms with E-state index in [1.165, 1.54) is 28.1 Å². The zero-order chi connectivity index (χ0) is 24.3. The number of sulfonamides is 1. The summed E-state index contributed by atoms with van der Waals surface area (Å²) in [5.74, 6) is -0.193. The normalized spacial score (nSPS) is 16.3. The van der Waals surface area contributed by atoms with Gasteiger partial charge in [-0.2, -0.15) is 4.31 Å². The van der Waals surface area contributed by atoms with Gasteiger partial charge >= 0.3 is 0 Å². The van der Waals surface area contributed by atoms with Crippen LogP contribution in [0, 0.1) is 0 Å². The number of phenols is 1. The Bertz CT molecular complexity index is 1190. The number of aryl methyl sites for hydroxylation is 2. The predicted octanol–water partition coefficient (Wildman–Crippen LogP) is 2.78. The smallest absolute Gasteiger partial charge is 0.243 e. The summed E-state index contributed by atoms with van der Waals surface area (Å²) in [6.45, 7) is 3.19. The lowest BCUT2D eigenvalue weighted by molar-refractivity contribution is -0.132. The molecule has 1 aliphatic heterocycles. The van der Waals surface area contributed by atoms with Crippen LogP contribution in [-0.4, -0.2) is 67.2 Å². The fraction of sp³-hybridized carbons (Fsp3) is 0.440. The molecule has 1 heterocycles. The molecule has 1 fully saturated rings. The van der Waals surface area contributed by atoms with Crippen LogP contribution >= 0.6 is 0 Å². The van der Waals surface area contributed by atoms with Gasteiger partial charge < -0.3 is 14.7 Å². The lowest BCUT2D eigenvalue weighted by atomic mass is 10.1. The van der Waals surface area contributed by atoms with Crippen LogP contribution < -0.4 is 4.74 Å². The Morgan fingerprint density at radius 3 is 2.44 bits per heavy atom. The van der Waals surface area contributed by atoms with Crippen molar-refractivity contribution in [3.63, 3.8) is 0 Å². The molecule has 182 valence electrons. The topological polar surface area (TPSA) is 104 Å². The Balaban J connectivity index is 1.30. The van der Waals surface area contributed by atoms with Crippen molar-refractivity contribution in [3.8, 4) is 11.5 Å². The Morgan fingerprint density at radius 1 is 0.971 bits per heavy atom. The van der Waals surface area contributed by atoms with E-state index in [4.69, 9.17) is 4.74 Å². The van der Waals surface area contributed by atoms with Crippen LogP contribution in [0.3, 0.4) is 0 Å². The molecule has 0 aromatic heterocycles. The van der Waals surface area contributed by atoms with Gasteiger partial charge in [-0.1, -0.05) is 6.07 Å². The standard InChI is InChI=1S/C25H30N2O6S/c1-2-33-24-17-20(7-9-23(24)29)22(28)10-11-25(30)26-12-14-27(15-13-26)34(31,32)21-8-6-18-4-3-5-19(18)16-21/h6-9,16-17,29H,2-5,10-15H2,1H3. The maximum atomic E-state index is 13.1. The number of carbonyl (C=O) groups is 2. The van der Waals surface area contributed by atoms with Crippen molar-refractivity contribution in [3.05, 3.63) is 53.1 Å². The molecule has 1 saturated heterocycles. The lowest BCUT2D eigenvalue weighted by Crippen LogP contribution is -2.50. The van der Waals surface area contributed by atoms with Gasteiger partial charge in [0, 0.05) is 44.6 Å². The van der Waals surface area contributed by atoms with Gasteiger partial charge in [-0.3, -0.25) is 9.59 Å². The van der Waals surface area contributed by atoms with E-state index >= 15 is 0 Å². The average molecular weight is 487 g/mol. The first-order chi connectivity index (χ1) is 16.3. The number of ketones is 1. The number of fused-ring (bicyclic) bond motifs is 1. The fourth-order valence-corrected chi connectivity index (χ4v) is 5.99. The van der Waals surface area contributed by atoms with Crippen LogP contribution in [0.4, 0.5) is 0 Å². The molecule has 4 rings (SSSR count). The number of benzene rings is 2. The van der Waals surface area contributed by atoms with Crippen LogP contribution in [-0.2, 0) is 27.7 Å². The number of Topliss-reactive ketones (excluding diaryl/α,β-unsaturated/α-hetero) is 1. The van der Waals surface area contributed by atoms with E-state index in [0.717, 1.165) is 24.8 Å². The van der Waals surface area contributed by atoms with E-state index in [9.17, 15) is 23.1 Å². The molecule has 2 aliphatic rings. The summed E-state index contributed by atoms with van der Waals surface area (Å²) in [6, 6.07) is 9.78. The summed E-state index contributed by atoms with van der Waals surface area (Å²) in [5, 5.41) is 9.78. The third-order valence-corrected chi connectivity index (χ3v) is 8.34. The molecule has 9 heteroatoms. The van der Waals surface area contributed by atoms with E-state index in [1.54, 1.807) is 24.0 Å². The highest BCUT2D eigenvalue weighted by molar-refractivity contribution is 7.89. The number of rotatable bonds is 8. The predicted molar refractivity (Wildman–Crippen MR) is 127 cm³/mol. The molecular formula is C25H30N2O6S. The summed E-state index contributed by atoms with van der Waals surface area (Å²) in [4.78, 5) is 27.1. The van der Waals surface area contributed by atoms with Crippen molar-refractivity contribution in [2.45, 2.75) is 43.9 Å². The number of amides is 1. The SMILES string of the molecule is CCOc1cc(C(=O)CCC(=O)N2CCN(S(=O)(=O)c3ccc4c(c3)CCC4)CC2)ccc1O. The first-order valence-corrected chi connectivity index (χ1v) is 13.1. The molecule has 34 heavy (non-hydrogen) atoms.